The number of rotatable bonds is 13. The summed E-state index contributed by atoms with van der Waals surface area (Å²) < 4.78 is 32.4. The van der Waals surface area contributed by atoms with Crippen molar-refractivity contribution in [2.45, 2.75) is 59.5 Å². The van der Waals surface area contributed by atoms with E-state index < -0.39 is 6.61 Å². The van der Waals surface area contributed by atoms with E-state index in [9.17, 15) is 8.78 Å². The van der Waals surface area contributed by atoms with E-state index >= 15 is 0 Å². The number of hydrogen-bond donors (Lipinski definition) is 0. The van der Waals surface area contributed by atoms with Gasteiger partial charge in [0.1, 0.15) is 11.6 Å². The van der Waals surface area contributed by atoms with Crippen LogP contribution in [0.1, 0.15) is 42.1 Å². The van der Waals surface area contributed by atoms with Gasteiger partial charge in [0.05, 0.1) is 11.4 Å². The summed E-state index contributed by atoms with van der Waals surface area (Å²) in [5, 5.41) is 4.26. The maximum Gasteiger partial charge on any atom is 0.387 e. The highest BCUT2D eigenvalue weighted by Gasteiger charge is 2.22. The summed E-state index contributed by atoms with van der Waals surface area (Å²) in [6.45, 7) is 4.42. The number of unbranched alkanes of at least 4 members (excludes halogenated alkanes) is 1. The summed E-state index contributed by atoms with van der Waals surface area (Å²) in [5.41, 5.74) is 7.89. The molecule has 2 aromatic heterocycles. The second kappa shape index (κ2) is 13.7. The predicted octanol–water partition coefficient (Wildman–Crippen LogP) is 9.19. The van der Waals surface area contributed by atoms with E-state index in [0.29, 0.717) is 13.1 Å². The molecule has 0 N–H and O–H groups in total. The minimum absolute atomic E-state index is 0.166. The van der Waals surface area contributed by atoms with Crippen LogP contribution >= 0.6 is 11.3 Å². The Labute approximate surface area is 244 Å². The highest BCUT2D eigenvalue weighted by Crippen LogP contribution is 2.33. The Morgan fingerprint density at radius 1 is 0.878 bits per heavy atom. The average molecular weight is 572 g/mol. The van der Waals surface area contributed by atoms with Crippen molar-refractivity contribution in [1.29, 1.82) is 0 Å². The largest absolute Gasteiger partial charge is 0.435 e. The Kier molecular flexibility index (Phi) is 9.59. The van der Waals surface area contributed by atoms with E-state index in [4.69, 9.17) is 4.98 Å². The summed E-state index contributed by atoms with van der Waals surface area (Å²) >= 11 is 1.67. The zero-order chi connectivity index (χ0) is 28.6. The van der Waals surface area contributed by atoms with Gasteiger partial charge in [0, 0.05) is 42.7 Å². The van der Waals surface area contributed by atoms with E-state index in [1.807, 2.05) is 18.2 Å². The molecule has 0 atom stereocenters. The van der Waals surface area contributed by atoms with Crippen LogP contribution in [0.4, 0.5) is 8.78 Å². The van der Waals surface area contributed by atoms with Gasteiger partial charge < -0.3 is 9.30 Å². The monoisotopic (exact) mass is 571 g/mol. The van der Waals surface area contributed by atoms with Gasteiger partial charge in [-0.2, -0.15) is 20.1 Å². The maximum absolute atomic E-state index is 12.7. The fraction of sp³-hybridized carbons (Fsp3) is 0.265. The molecule has 0 fully saturated rings. The van der Waals surface area contributed by atoms with E-state index in [0.717, 1.165) is 54.1 Å². The number of ether oxygens (including phenoxy) is 1. The summed E-state index contributed by atoms with van der Waals surface area (Å²) in [6.07, 6.45) is 2.13. The zero-order valence-corrected chi connectivity index (χ0v) is 24.3. The number of aromatic nitrogens is 2. The van der Waals surface area contributed by atoms with Gasteiger partial charge in [-0.05, 0) is 48.1 Å². The summed E-state index contributed by atoms with van der Waals surface area (Å²) in [4.78, 5) is 7.66. The maximum atomic E-state index is 12.7. The third-order valence-electron chi connectivity index (χ3n) is 7.05. The van der Waals surface area contributed by atoms with E-state index in [1.54, 1.807) is 23.5 Å². The molecular weight excluding hydrogens is 536 g/mol. The second-order valence-electron chi connectivity index (χ2n) is 10.3. The Morgan fingerprint density at radius 2 is 1.66 bits per heavy atom. The van der Waals surface area contributed by atoms with Crippen molar-refractivity contribution < 1.29 is 13.5 Å². The van der Waals surface area contributed by atoms with Crippen LogP contribution in [-0.4, -0.2) is 21.1 Å². The Morgan fingerprint density at radius 3 is 2.34 bits per heavy atom. The molecule has 0 saturated carbocycles. The van der Waals surface area contributed by atoms with Crippen molar-refractivity contribution in [1.82, 2.24) is 14.5 Å². The van der Waals surface area contributed by atoms with E-state index in [-0.39, 0.29) is 5.75 Å². The summed E-state index contributed by atoms with van der Waals surface area (Å²) in [6, 6.07) is 28.1. The van der Waals surface area contributed by atoms with Crippen LogP contribution in [0.5, 0.6) is 5.75 Å². The second-order valence-corrected chi connectivity index (χ2v) is 11.1. The molecule has 5 rings (SSSR count). The van der Waals surface area contributed by atoms with Crippen LogP contribution in [0.3, 0.4) is 0 Å². The first-order valence-electron chi connectivity index (χ1n) is 14.0. The normalized spacial score (nSPS) is 11.5. The zero-order valence-electron chi connectivity index (χ0n) is 23.5. The van der Waals surface area contributed by atoms with Crippen LogP contribution < -0.4 is 4.74 Å². The number of imidazole rings is 1. The fourth-order valence-corrected chi connectivity index (χ4v) is 5.77. The molecule has 2 heterocycles. The molecular formula is C34H35F2N3OS. The van der Waals surface area contributed by atoms with Gasteiger partial charge in [-0.15, -0.1) is 0 Å². The lowest BCUT2D eigenvalue weighted by Crippen LogP contribution is -2.24. The predicted molar refractivity (Wildman–Crippen MR) is 163 cm³/mol. The lowest BCUT2D eigenvalue weighted by molar-refractivity contribution is -0.0498. The molecule has 4 nitrogen and oxygen atoms in total. The molecule has 0 radical (unpaired) electrons. The molecule has 0 aliphatic heterocycles. The molecule has 0 aliphatic rings. The standard InChI is InChI=1S/C34H35F2N3OS/c1-3-4-18-39-31(32(29-17-19-41-24-29)37-33(39)28-11-6-5-7-12-28)23-38(22-27-10-8-9-25(2)20-27)21-26-13-15-30(16-14-26)40-34(35)36/h5-17,19-20,24,34H,3-4,18,21-23H2,1-2H3. The molecule has 5 aromatic rings. The molecule has 41 heavy (non-hydrogen) atoms. The molecule has 7 heteroatoms. The Hall–Kier alpha value is -3.81. The first-order chi connectivity index (χ1) is 20.0. The minimum Gasteiger partial charge on any atom is -0.435 e. The number of thiophene rings is 1. The van der Waals surface area contributed by atoms with Crippen LogP contribution in [-0.2, 0) is 26.2 Å². The SMILES string of the molecule is CCCCn1c(-c2ccccc2)nc(-c2ccsc2)c1CN(Cc1ccc(OC(F)F)cc1)Cc1cccc(C)c1. The summed E-state index contributed by atoms with van der Waals surface area (Å²) in [5.74, 6) is 1.15. The lowest BCUT2D eigenvalue weighted by atomic mass is 10.1. The molecule has 0 spiro atoms. The van der Waals surface area contributed by atoms with Gasteiger partial charge in [-0.1, -0.05) is 85.6 Å². The number of aryl methyl sites for hydroxylation is 1. The number of benzene rings is 3. The molecule has 0 amide bonds. The van der Waals surface area contributed by atoms with Gasteiger partial charge in [0.15, 0.2) is 0 Å². The highest BCUT2D eigenvalue weighted by molar-refractivity contribution is 7.08. The molecule has 0 unspecified atom stereocenters. The number of nitrogens with zero attached hydrogens (tertiary/aromatic N) is 3. The van der Waals surface area contributed by atoms with Gasteiger partial charge in [-0.3, -0.25) is 4.90 Å². The Bertz CT molecular complexity index is 1520. The lowest BCUT2D eigenvalue weighted by Gasteiger charge is -2.25. The van der Waals surface area contributed by atoms with Crippen LogP contribution in [0.2, 0.25) is 0 Å². The minimum atomic E-state index is -2.84. The first kappa shape index (κ1) is 28.7. The van der Waals surface area contributed by atoms with Crippen molar-refractivity contribution in [3.05, 3.63) is 118 Å². The van der Waals surface area contributed by atoms with Crippen molar-refractivity contribution in [2.75, 3.05) is 0 Å². The smallest absolute Gasteiger partial charge is 0.387 e. The fourth-order valence-electron chi connectivity index (χ4n) is 5.12. The van der Waals surface area contributed by atoms with Crippen molar-refractivity contribution in [2.24, 2.45) is 0 Å². The molecule has 0 bridgehead atoms. The first-order valence-corrected chi connectivity index (χ1v) is 14.9. The molecule has 212 valence electrons. The van der Waals surface area contributed by atoms with Crippen LogP contribution in [0.25, 0.3) is 22.6 Å². The third-order valence-corrected chi connectivity index (χ3v) is 7.73. The molecule has 0 aliphatic carbocycles. The number of hydrogen-bond acceptors (Lipinski definition) is 4. The van der Waals surface area contributed by atoms with Crippen LogP contribution in [0.15, 0.2) is 95.7 Å². The number of alkyl halides is 2. The van der Waals surface area contributed by atoms with E-state index in [2.05, 4.69) is 93.4 Å². The summed E-state index contributed by atoms with van der Waals surface area (Å²) in [7, 11) is 0. The Balaban J connectivity index is 1.55. The molecule has 0 saturated heterocycles. The highest BCUT2D eigenvalue weighted by atomic mass is 32.1. The number of halogens is 2. The topological polar surface area (TPSA) is 30.3 Å². The van der Waals surface area contributed by atoms with Crippen LogP contribution in [0, 0.1) is 6.92 Å². The van der Waals surface area contributed by atoms with Crippen molar-refractivity contribution in [3.63, 3.8) is 0 Å². The van der Waals surface area contributed by atoms with Gasteiger partial charge >= 0.3 is 6.61 Å². The quantitative estimate of drug-likeness (QED) is 0.141. The van der Waals surface area contributed by atoms with Gasteiger partial charge in [0.2, 0.25) is 0 Å². The van der Waals surface area contributed by atoms with Gasteiger partial charge in [0.25, 0.3) is 0 Å². The van der Waals surface area contributed by atoms with Crippen molar-refractivity contribution >= 4 is 11.3 Å². The van der Waals surface area contributed by atoms with Crippen molar-refractivity contribution in [3.8, 4) is 28.4 Å². The van der Waals surface area contributed by atoms with Gasteiger partial charge in [-0.25, -0.2) is 4.98 Å². The van der Waals surface area contributed by atoms with E-state index in [1.165, 1.54) is 16.8 Å². The molecule has 3 aromatic carbocycles. The average Bonchev–Trinajstić information content (AvgIpc) is 3.62. The third kappa shape index (κ3) is 7.48.